The molecule has 0 aliphatic rings. The highest BCUT2D eigenvalue weighted by molar-refractivity contribution is 7.91. The van der Waals surface area contributed by atoms with Crippen molar-refractivity contribution in [2.24, 2.45) is 0 Å². The van der Waals surface area contributed by atoms with Crippen molar-refractivity contribution in [3.05, 3.63) is 65.5 Å². The molecule has 2 aromatic carbocycles. The van der Waals surface area contributed by atoms with Gasteiger partial charge in [-0.3, -0.25) is 4.72 Å². The largest absolute Gasteiger partial charge is 0.283 e. The number of benzene rings is 2. The van der Waals surface area contributed by atoms with Gasteiger partial charge in [-0.1, -0.05) is 30.3 Å². The standard InChI is InChI=1S/C14H14FNO2S/c1-11-9-13(7-8-14(11)15)16-19(17,18)10-12-5-3-2-4-6-12/h2-9,16H,10H2,1H3. The van der Waals surface area contributed by atoms with Gasteiger partial charge >= 0.3 is 0 Å². The Morgan fingerprint density at radius 3 is 2.42 bits per heavy atom. The summed E-state index contributed by atoms with van der Waals surface area (Å²) >= 11 is 0. The van der Waals surface area contributed by atoms with Crippen molar-refractivity contribution >= 4 is 15.7 Å². The van der Waals surface area contributed by atoms with E-state index in [9.17, 15) is 12.8 Å². The number of aryl methyl sites for hydroxylation is 1. The van der Waals surface area contributed by atoms with E-state index in [1.165, 1.54) is 18.2 Å². The molecule has 0 fully saturated rings. The maximum absolute atomic E-state index is 13.1. The molecule has 0 bridgehead atoms. The SMILES string of the molecule is Cc1cc(NS(=O)(=O)Cc2ccccc2)ccc1F. The van der Waals surface area contributed by atoms with Crippen LogP contribution in [0.2, 0.25) is 0 Å². The van der Waals surface area contributed by atoms with Crippen molar-refractivity contribution in [2.45, 2.75) is 12.7 Å². The molecule has 0 saturated carbocycles. The summed E-state index contributed by atoms with van der Waals surface area (Å²) < 4.78 is 39.5. The molecule has 1 N–H and O–H groups in total. The molecule has 2 aromatic rings. The molecular weight excluding hydrogens is 265 g/mol. The maximum Gasteiger partial charge on any atom is 0.236 e. The fourth-order valence-electron chi connectivity index (χ4n) is 1.72. The van der Waals surface area contributed by atoms with Crippen molar-refractivity contribution in [2.75, 3.05) is 4.72 Å². The molecule has 0 aromatic heterocycles. The Labute approximate surface area is 112 Å². The average Bonchev–Trinajstić information content (AvgIpc) is 2.34. The second-order valence-corrected chi connectivity index (χ2v) is 6.03. The summed E-state index contributed by atoms with van der Waals surface area (Å²) in [5.41, 5.74) is 1.48. The van der Waals surface area contributed by atoms with E-state index in [4.69, 9.17) is 0 Å². The minimum atomic E-state index is -3.49. The first-order valence-electron chi connectivity index (χ1n) is 5.77. The van der Waals surface area contributed by atoms with E-state index < -0.39 is 10.0 Å². The van der Waals surface area contributed by atoms with Gasteiger partial charge in [0.2, 0.25) is 10.0 Å². The van der Waals surface area contributed by atoms with Crippen LogP contribution in [0.5, 0.6) is 0 Å². The average molecular weight is 279 g/mol. The van der Waals surface area contributed by atoms with Crippen molar-refractivity contribution in [3.8, 4) is 0 Å². The summed E-state index contributed by atoms with van der Waals surface area (Å²) in [6, 6.07) is 13.0. The highest BCUT2D eigenvalue weighted by Crippen LogP contribution is 2.16. The summed E-state index contributed by atoms with van der Waals surface area (Å²) in [6.45, 7) is 1.59. The number of nitrogens with one attached hydrogen (secondary N) is 1. The summed E-state index contributed by atoms with van der Waals surface area (Å²) in [5.74, 6) is -0.462. The molecule has 0 atom stereocenters. The number of hydrogen-bond donors (Lipinski definition) is 1. The lowest BCUT2D eigenvalue weighted by Crippen LogP contribution is -2.15. The monoisotopic (exact) mass is 279 g/mol. The molecule has 2 rings (SSSR count). The minimum absolute atomic E-state index is 0.107. The predicted molar refractivity (Wildman–Crippen MR) is 73.8 cm³/mol. The molecule has 0 aliphatic carbocycles. The molecule has 0 aliphatic heterocycles. The Bertz CT molecular complexity index is 669. The fourth-order valence-corrected chi connectivity index (χ4v) is 2.91. The zero-order valence-corrected chi connectivity index (χ0v) is 11.2. The third kappa shape index (κ3) is 3.79. The van der Waals surface area contributed by atoms with Crippen LogP contribution in [-0.2, 0) is 15.8 Å². The number of halogens is 1. The molecule has 5 heteroatoms. The van der Waals surface area contributed by atoms with Crippen LogP contribution in [0.15, 0.2) is 48.5 Å². The van der Waals surface area contributed by atoms with Gasteiger partial charge in [0.15, 0.2) is 0 Å². The Morgan fingerprint density at radius 2 is 1.79 bits per heavy atom. The topological polar surface area (TPSA) is 46.2 Å². The van der Waals surface area contributed by atoms with E-state index in [-0.39, 0.29) is 11.6 Å². The Hall–Kier alpha value is -1.88. The van der Waals surface area contributed by atoms with Gasteiger partial charge in [0.25, 0.3) is 0 Å². The van der Waals surface area contributed by atoms with Crippen LogP contribution in [0.3, 0.4) is 0 Å². The fraction of sp³-hybridized carbons (Fsp3) is 0.143. The molecular formula is C14H14FNO2S. The van der Waals surface area contributed by atoms with E-state index in [1.807, 2.05) is 6.07 Å². The van der Waals surface area contributed by atoms with Crippen LogP contribution in [0.25, 0.3) is 0 Å². The zero-order valence-electron chi connectivity index (χ0n) is 10.4. The number of rotatable bonds is 4. The molecule has 0 radical (unpaired) electrons. The van der Waals surface area contributed by atoms with Gasteiger partial charge in [0.1, 0.15) is 5.82 Å². The lowest BCUT2D eigenvalue weighted by molar-refractivity contribution is 0.600. The predicted octanol–water partition coefficient (Wildman–Crippen LogP) is 3.08. The van der Waals surface area contributed by atoms with Crippen molar-refractivity contribution in [1.29, 1.82) is 0 Å². The third-order valence-electron chi connectivity index (χ3n) is 2.63. The molecule has 0 saturated heterocycles. The van der Waals surface area contributed by atoms with E-state index >= 15 is 0 Å². The summed E-state index contributed by atoms with van der Waals surface area (Å²) in [5, 5.41) is 0. The van der Waals surface area contributed by atoms with Crippen molar-refractivity contribution < 1.29 is 12.8 Å². The van der Waals surface area contributed by atoms with Gasteiger partial charge in [0.05, 0.1) is 5.75 Å². The van der Waals surface area contributed by atoms with E-state index in [0.717, 1.165) is 0 Å². The number of sulfonamides is 1. The van der Waals surface area contributed by atoms with Crippen LogP contribution in [-0.4, -0.2) is 8.42 Å². The van der Waals surface area contributed by atoms with Gasteiger partial charge in [-0.15, -0.1) is 0 Å². The first kappa shape index (κ1) is 13.5. The van der Waals surface area contributed by atoms with Gasteiger partial charge in [0, 0.05) is 5.69 Å². The Morgan fingerprint density at radius 1 is 1.11 bits per heavy atom. The first-order chi connectivity index (χ1) is 8.96. The second-order valence-electron chi connectivity index (χ2n) is 4.31. The van der Waals surface area contributed by atoms with Crippen molar-refractivity contribution in [3.63, 3.8) is 0 Å². The van der Waals surface area contributed by atoms with E-state index in [1.54, 1.807) is 31.2 Å². The molecule has 100 valence electrons. The Balaban J connectivity index is 2.15. The van der Waals surface area contributed by atoms with Crippen LogP contribution < -0.4 is 4.72 Å². The molecule has 19 heavy (non-hydrogen) atoms. The molecule has 3 nitrogen and oxygen atoms in total. The highest BCUT2D eigenvalue weighted by Gasteiger charge is 2.12. The molecule has 0 spiro atoms. The van der Waals surface area contributed by atoms with Gasteiger partial charge in [-0.05, 0) is 36.2 Å². The van der Waals surface area contributed by atoms with Crippen LogP contribution in [0.4, 0.5) is 10.1 Å². The van der Waals surface area contributed by atoms with Gasteiger partial charge in [-0.25, -0.2) is 12.8 Å². The molecule has 0 unspecified atom stereocenters. The lowest BCUT2D eigenvalue weighted by Gasteiger charge is -2.09. The van der Waals surface area contributed by atoms with Crippen LogP contribution in [0.1, 0.15) is 11.1 Å². The number of anilines is 1. The summed E-state index contributed by atoms with van der Waals surface area (Å²) in [6.07, 6.45) is 0. The van der Waals surface area contributed by atoms with Crippen LogP contribution >= 0.6 is 0 Å². The van der Waals surface area contributed by atoms with E-state index in [2.05, 4.69) is 4.72 Å². The van der Waals surface area contributed by atoms with Crippen LogP contribution in [0, 0.1) is 12.7 Å². The smallest absolute Gasteiger partial charge is 0.236 e. The molecule has 0 amide bonds. The Kier molecular flexibility index (Phi) is 3.85. The van der Waals surface area contributed by atoms with Crippen molar-refractivity contribution in [1.82, 2.24) is 0 Å². The molecule has 0 heterocycles. The third-order valence-corrected chi connectivity index (χ3v) is 3.89. The second kappa shape index (κ2) is 5.40. The normalized spacial score (nSPS) is 11.3. The first-order valence-corrected chi connectivity index (χ1v) is 7.42. The quantitative estimate of drug-likeness (QED) is 0.935. The highest BCUT2D eigenvalue weighted by atomic mass is 32.2. The minimum Gasteiger partial charge on any atom is -0.283 e. The van der Waals surface area contributed by atoms with Gasteiger partial charge in [-0.2, -0.15) is 0 Å². The zero-order chi connectivity index (χ0) is 13.9. The van der Waals surface area contributed by atoms with Gasteiger partial charge < -0.3 is 0 Å². The maximum atomic E-state index is 13.1. The summed E-state index contributed by atoms with van der Waals surface area (Å²) in [4.78, 5) is 0. The number of hydrogen-bond acceptors (Lipinski definition) is 2. The lowest BCUT2D eigenvalue weighted by atomic mass is 10.2. The summed E-state index contributed by atoms with van der Waals surface area (Å²) in [7, 11) is -3.49. The van der Waals surface area contributed by atoms with E-state index in [0.29, 0.717) is 16.8 Å².